The Morgan fingerprint density at radius 1 is 1.31 bits per heavy atom. The molecule has 0 aromatic heterocycles. The highest BCUT2D eigenvalue weighted by Gasteiger charge is 2.27. The summed E-state index contributed by atoms with van der Waals surface area (Å²) in [6.07, 6.45) is 3.84. The van der Waals surface area contributed by atoms with Gasteiger partial charge in [-0.1, -0.05) is 42.5 Å². The molecular weight excluding hydrogens is 164 g/mol. The molecule has 2 nitrogen and oxygen atoms in total. The second-order valence-electron chi connectivity index (χ2n) is 3.01. The first kappa shape index (κ1) is 8.05. The van der Waals surface area contributed by atoms with Gasteiger partial charge < -0.3 is 4.74 Å². The number of hydrogen-bond acceptors (Lipinski definition) is 2. The molecule has 2 rings (SSSR count). The van der Waals surface area contributed by atoms with Gasteiger partial charge in [-0.2, -0.15) is 0 Å². The lowest BCUT2D eigenvalue weighted by molar-refractivity contribution is -0.164. The second kappa shape index (κ2) is 3.44. The summed E-state index contributed by atoms with van der Waals surface area (Å²) in [5.41, 5.74) is 1.11. The largest absolute Gasteiger partial charge is 0.464 e. The minimum absolute atomic E-state index is 0.0276. The summed E-state index contributed by atoms with van der Waals surface area (Å²) in [4.78, 5) is 10.8. The maximum atomic E-state index is 10.8. The van der Waals surface area contributed by atoms with Crippen molar-refractivity contribution >= 4 is 12.0 Å². The zero-order valence-electron chi connectivity index (χ0n) is 7.14. The maximum Gasteiger partial charge on any atom is 0.316 e. The van der Waals surface area contributed by atoms with Gasteiger partial charge in [0.25, 0.3) is 0 Å². The summed E-state index contributed by atoms with van der Waals surface area (Å²) in [7, 11) is 0. The fourth-order valence-corrected chi connectivity index (χ4v) is 1.17. The molecule has 1 aromatic rings. The van der Waals surface area contributed by atoms with Crippen LogP contribution in [0.15, 0.2) is 36.4 Å². The summed E-state index contributed by atoms with van der Waals surface area (Å²) in [6, 6.07) is 9.91. The Morgan fingerprint density at radius 3 is 2.62 bits per heavy atom. The Labute approximate surface area is 76.8 Å². The summed E-state index contributed by atoms with van der Waals surface area (Å²) >= 11 is 0. The number of benzene rings is 1. The van der Waals surface area contributed by atoms with E-state index < -0.39 is 0 Å². The minimum Gasteiger partial charge on any atom is -0.464 e. The molecule has 0 amide bonds. The van der Waals surface area contributed by atoms with Crippen molar-refractivity contribution < 1.29 is 9.53 Å². The smallest absolute Gasteiger partial charge is 0.316 e. The highest BCUT2D eigenvalue weighted by molar-refractivity contribution is 5.80. The summed E-state index contributed by atoms with van der Waals surface area (Å²) in [5, 5.41) is 0. The Bertz CT molecular complexity index is 327. The number of ether oxygens (including phenoxy) is 1. The monoisotopic (exact) mass is 174 g/mol. The van der Waals surface area contributed by atoms with Crippen LogP contribution in [0.1, 0.15) is 5.56 Å². The fourth-order valence-electron chi connectivity index (χ4n) is 1.17. The van der Waals surface area contributed by atoms with Crippen molar-refractivity contribution in [2.75, 3.05) is 6.61 Å². The highest BCUT2D eigenvalue weighted by atomic mass is 16.6. The zero-order valence-corrected chi connectivity index (χ0v) is 7.14. The van der Waals surface area contributed by atoms with E-state index in [1.807, 2.05) is 42.5 Å². The van der Waals surface area contributed by atoms with Gasteiger partial charge in [-0.3, -0.25) is 4.79 Å². The number of esters is 1. The molecule has 0 spiro atoms. The first-order valence-corrected chi connectivity index (χ1v) is 4.26. The average molecular weight is 174 g/mol. The fraction of sp³-hybridized carbons (Fsp3) is 0.182. The molecule has 1 aliphatic rings. The Morgan fingerprint density at radius 2 is 2.08 bits per heavy atom. The van der Waals surface area contributed by atoms with Crippen LogP contribution in [-0.2, 0) is 9.53 Å². The standard InChI is InChI=1S/C11H10O2/c12-11-10(8-13-11)7-6-9-4-2-1-3-5-9/h1-7,10H,8H2. The maximum absolute atomic E-state index is 10.8. The third kappa shape index (κ3) is 1.78. The van der Waals surface area contributed by atoms with Crippen LogP contribution in [0.25, 0.3) is 6.08 Å². The van der Waals surface area contributed by atoms with Crippen LogP contribution >= 0.6 is 0 Å². The van der Waals surface area contributed by atoms with Gasteiger partial charge in [-0.15, -0.1) is 0 Å². The molecule has 1 atom stereocenters. The molecule has 0 N–H and O–H groups in total. The lowest BCUT2D eigenvalue weighted by atomic mass is 10.1. The van der Waals surface area contributed by atoms with Crippen molar-refractivity contribution in [3.63, 3.8) is 0 Å². The molecule has 1 aliphatic heterocycles. The third-order valence-electron chi connectivity index (χ3n) is 2.03. The molecule has 13 heavy (non-hydrogen) atoms. The van der Waals surface area contributed by atoms with E-state index >= 15 is 0 Å². The predicted molar refractivity (Wildman–Crippen MR) is 49.9 cm³/mol. The van der Waals surface area contributed by atoms with E-state index in [-0.39, 0.29) is 11.9 Å². The zero-order chi connectivity index (χ0) is 9.10. The topological polar surface area (TPSA) is 26.3 Å². The van der Waals surface area contributed by atoms with Crippen LogP contribution in [0, 0.1) is 5.92 Å². The first-order chi connectivity index (χ1) is 6.36. The molecule has 1 aromatic carbocycles. The number of cyclic esters (lactones) is 1. The van der Waals surface area contributed by atoms with Gasteiger partial charge in [-0.05, 0) is 5.56 Å². The normalized spacial score (nSPS) is 21.2. The van der Waals surface area contributed by atoms with Crippen molar-refractivity contribution in [2.24, 2.45) is 5.92 Å². The van der Waals surface area contributed by atoms with E-state index in [0.717, 1.165) is 5.56 Å². The minimum atomic E-state index is -0.118. The van der Waals surface area contributed by atoms with Crippen LogP contribution in [0.3, 0.4) is 0 Å². The number of carbonyl (C=O) groups excluding carboxylic acids is 1. The van der Waals surface area contributed by atoms with Crippen molar-refractivity contribution in [3.8, 4) is 0 Å². The molecule has 1 heterocycles. The highest BCUT2D eigenvalue weighted by Crippen LogP contribution is 2.15. The van der Waals surface area contributed by atoms with Gasteiger partial charge in [0, 0.05) is 0 Å². The molecule has 0 bridgehead atoms. The van der Waals surface area contributed by atoms with Crippen molar-refractivity contribution in [3.05, 3.63) is 42.0 Å². The van der Waals surface area contributed by atoms with E-state index in [0.29, 0.717) is 6.61 Å². The Hall–Kier alpha value is -1.57. The second-order valence-corrected chi connectivity index (χ2v) is 3.01. The molecule has 1 fully saturated rings. The van der Waals surface area contributed by atoms with Crippen LogP contribution in [0.2, 0.25) is 0 Å². The molecule has 1 saturated heterocycles. The van der Waals surface area contributed by atoms with Crippen molar-refractivity contribution in [1.82, 2.24) is 0 Å². The predicted octanol–water partition coefficient (Wildman–Crippen LogP) is 1.87. The SMILES string of the molecule is O=C1OCC1C=Cc1ccccc1. The van der Waals surface area contributed by atoms with Gasteiger partial charge >= 0.3 is 5.97 Å². The molecule has 2 heteroatoms. The molecule has 66 valence electrons. The Balaban J connectivity index is 2.01. The van der Waals surface area contributed by atoms with Crippen LogP contribution in [0.4, 0.5) is 0 Å². The number of hydrogen-bond donors (Lipinski definition) is 0. The summed E-state index contributed by atoms with van der Waals surface area (Å²) in [5.74, 6) is -0.146. The molecule has 0 saturated carbocycles. The summed E-state index contributed by atoms with van der Waals surface area (Å²) in [6.45, 7) is 0.530. The summed E-state index contributed by atoms with van der Waals surface area (Å²) < 4.78 is 4.64. The van der Waals surface area contributed by atoms with E-state index in [2.05, 4.69) is 4.74 Å². The third-order valence-corrected chi connectivity index (χ3v) is 2.03. The average Bonchev–Trinajstić information content (AvgIpc) is 2.17. The van der Waals surface area contributed by atoms with Gasteiger partial charge in [0.15, 0.2) is 0 Å². The molecule has 0 radical (unpaired) electrons. The Kier molecular flexibility index (Phi) is 2.13. The lowest BCUT2D eigenvalue weighted by Crippen LogP contribution is -2.32. The van der Waals surface area contributed by atoms with Gasteiger partial charge in [0.2, 0.25) is 0 Å². The quantitative estimate of drug-likeness (QED) is 0.640. The van der Waals surface area contributed by atoms with Crippen LogP contribution < -0.4 is 0 Å². The van der Waals surface area contributed by atoms with E-state index in [1.54, 1.807) is 0 Å². The number of carbonyl (C=O) groups is 1. The van der Waals surface area contributed by atoms with Crippen molar-refractivity contribution in [1.29, 1.82) is 0 Å². The molecule has 1 unspecified atom stereocenters. The lowest BCUT2D eigenvalue weighted by Gasteiger charge is -2.20. The van der Waals surface area contributed by atoms with Crippen LogP contribution in [0.5, 0.6) is 0 Å². The van der Waals surface area contributed by atoms with E-state index in [1.165, 1.54) is 0 Å². The van der Waals surface area contributed by atoms with E-state index in [4.69, 9.17) is 0 Å². The molecule has 0 aliphatic carbocycles. The van der Waals surface area contributed by atoms with E-state index in [9.17, 15) is 4.79 Å². The van der Waals surface area contributed by atoms with Crippen molar-refractivity contribution in [2.45, 2.75) is 0 Å². The van der Waals surface area contributed by atoms with Crippen LogP contribution in [-0.4, -0.2) is 12.6 Å². The first-order valence-electron chi connectivity index (χ1n) is 4.26. The van der Waals surface area contributed by atoms with Gasteiger partial charge in [0.05, 0.1) is 0 Å². The number of rotatable bonds is 2. The molecular formula is C11H10O2. The van der Waals surface area contributed by atoms with Gasteiger partial charge in [-0.25, -0.2) is 0 Å². The van der Waals surface area contributed by atoms with Gasteiger partial charge in [0.1, 0.15) is 12.5 Å².